The Kier molecular flexibility index (Phi) is 6.14. The van der Waals surface area contributed by atoms with Crippen molar-refractivity contribution in [2.24, 2.45) is 11.7 Å². The number of aryl methyl sites for hydroxylation is 1. The third kappa shape index (κ3) is 5.44. The first-order valence-electron chi connectivity index (χ1n) is 11.2. The van der Waals surface area contributed by atoms with Crippen molar-refractivity contribution in [2.45, 2.75) is 42.8 Å². The maximum atomic E-state index is 12.1. The Bertz CT molecular complexity index is 1390. The number of benzene rings is 1. The fraction of sp³-hybridized carbons (Fsp3) is 0.261. The van der Waals surface area contributed by atoms with Gasteiger partial charge in [0.2, 0.25) is 17.0 Å². The van der Waals surface area contributed by atoms with Crippen molar-refractivity contribution < 1.29 is 9.59 Å². The number of nitrogens with one attached hydrogen (secondary N) is 4. The van der Waals surface area contributed by atoms with Gasteiger partial charge in [-0.1, -0.05) is 0 Å². The molecule has 3 aromatic heterocycles. The molecular formula is C23H25N9O2S. The van der Waals surface area contributed by atoms with E-state index in [1.54, 1.807) is 23.7 Å². The van der Waals surface area contributed by atoms with Crippen LogP contribution in [-0.4, -0.2) is 42.7 Å². The molecule has 0 aliphatic heterocycles. The van der Waals surface area contributed by atoms with E-state index in [2.05, 4.69) is 36.2 Å². The molecule has 0 unspecified atom stereocenters. The van der Waals surface area contributed by atoms with E-state index in [-0.39, 0.29) is 17.7 Å². The van der Waals surface area contributed by atoms with Crippen molar-refractivity contribution in [3.63, 3.8) is 0 Å². The van der Waals surface area contributed by atoms with E-state index in [9.17, 15) is 9.59 Å². The number of carbonyl (C=O) groups excluding carboxylic acids is 2. The smallest absolute Gasteiger partial charge is 0.241 e. The second kappa shape index (κ2) is 9.39. The normalized spacial score (nSPS) is 14.0. The minimum Gasteiger partial charge on any atom is -0.326 e. The highest BCUT2D eigenvalue weighted by atomic mass is 32.2. The lowest BCUT2D eigenvalue weighted by Crippen LogP contribution is -2.32. The lowest BCUT2D eigenvalue weighted by molar-refractivity contribution is -0.118. The van der Waals surface area contributed by atoms with Gasteiger partial charge < -0.3 is 21.7 Å². The molecule has 35 heavy (non-hydrogen) atoms. The van der Waals surface area contributed by atoms with Crippen LogP contribution in [0.3, 0.4) is 0 Å². The summed E-state index contributed by atoms with van der Waals surface area (Å²) in [5.41, 5.74) is 8.56. The van der Waals surface area contributed by atoms with Crippen molar-refractivity contribution in [1.29, 1.82) is 0 Å². The van der Waals surface area contributed by atoms with E-state index in [1.807, 2.05) is 37.3 Å². The zero-order valence-corrected chi connectivity index (χ0v) is 20.0. The number of amides is 2. The van der Waals surface area contributed by atoms with Gasteiger partial charge in [-0.15, -0.1) is 5.10 Å². The van der Waals surface area contributed by atoms with Crippen LogP contribution < -0.4 is 21.7 Å². The highest BCUT2D eigenvalue weighted by Gasteiger charge is 2.29. The van der Waals surface area contributed by atoms with Gasteiger partial charge in [0.05, 0.1) is 17.9 Å². The number of nitrogens with two attached hydrogens (primary N) is 1. The Morgan fingerprint density at radius 3 is 2.60 bits per heavy atom. The number of rotatable bonds is 8. The highest BCUT2D eigenvalue weighted by Crippen LogP contribution is 2.32. The van der Waals surface area contributed by atoms with Gasteiger partial charge in [-0.2, -0.15) is 5.10 Å². The lowest BCUT2D eigenvalue weighted by atomic mass is 10.3. The van der Waals surface area contributed by atoms with Crippen LogP contribution in [0.4, 0.5) is 23.0 Å². The molecule has 2 amide bonds. The van der Waals surface area contributed by atoms with Gasteiger partial charge in [0.1, 0.15) is 5.52 Å². The number of H-pyrrole nitrogens is 1. The maximum Gasteiger partial charge on any atom is 0.241 e. The summed E-state index contributed by atoms with van der Waals surface area (Å²) < 4.78 is 1.65. The Labute approximate surface area is 205 Å². The average Bonchev–Trinajstić information content (AvgIpc) is 3.48. The van der Waals surface area contributed by atoms with Crippen molar-refractivity contribution in [2.75, 3.05) is 16.0 Å². The summed E-state index contributed by atoms with van der Waals surface area (Å²) in [4.78, 5) is 29.7. The summed E-state index contributed by atoms with van der Waals surface area (Å²) in [6, 6.07) is 10.5. The first-order chi connectivity index (χ1) is 16.8. The summed E-state index contributed by atoms with van der Waals surface area (Å²) in [6.45, 7) is 3.53. The Morgan fingerprint density at radius 1 is 1.17 bits per heavy atom. The van der Waals surface area contributed by atoms with E-state index in [1.165, 1.54) is 11.8 Å². The Hall–Kier alpha value is -3.90. The van der Waals surface area contributed by atoms with Gasteiger partial charge in [-0.25, -0.2) is 9.50 Å². The van der Waals surface area contributed by atoms with Gasteiger partial charge >= 0.3 is 0 Å². The second-order valence-electron chi connectivity index (χ2n) is 8.53. The quantitative estimate of drug-likeness (QED) is 0.251. The molecule has 1 atom stereocenters. The van der Waals surface area contributed by atoms with E-state index in [0.717, 1.165) is 29.1 Å². The second-order valence-corrected chi connectivity index (χ2v) is 9.57. The number of fused-ring (bicyclic) bond motifs is 1. The topological polar surface area (TPSA) is 155 Å². The maximum absolute atomic E-state index is 12.1. The zero-order chi connectivity index (χ0) is 24.5. The first-order valence-corrected chi connectivity index (χ1v) is 12.0. The molecule has 1 saturated carbocycles. The molecule has 11 nitrogen and oxygen atoms in total. The van der Waals surface area contributed by atoms with Gasteiger partial charge in [0.25, 0.3) is 0 Å². The summed E-state index contributed by atoms with van der Waals surface area (Å²) >= 11 is 1.38. The van der Waals surface area contributed by atoms with Crippen LogP contribution in [0.25, 0.3) is 5.52 Å². The van der Waals surface area contributed by atoms with Gasteiger partial charge in [-0.3, -0.25) is 14.7 Å². The van der Waals surface area contributed by atoms with Gasteiger partial charge in [0, 0.05) is 28.3 Å². The van der Waals surface area contributed by atoms with Crippen molar-refractivity contribution in [3.8, 4) is 0 Å². The molecular weight excluding hydrogens is 466 g/mol. The monoisotopic (exact) mass is 491 g/mol. The average molecular weight is 492 g/mol. The van der Waals surface area contributed by atoms with Crippen LogP contribution in [0.1, 0.15) is 25.5 Å². The molecule has 0 saturated heterocycles. The van der Waals surface area contributed by atoms with E-state index >= 15 is 0 Å². The predicted octanol–water partition coefficient (Wildman–Crippen LogP) is 3.29. The number of carbonyl (C=O) groups is 2. The van der Waals surface area contributed by atoms with Crippen LogP contribution in [-0.2, 0) is 9.59 Å². The summed E-state index contributed by atoms with van der Waals surface area (Å²) in [5.74, 6) is 1.07. The molecule has 5 rings (SSSR count). The van der Waals surface area contributed by atoms with Crippen LogP contribution in [0.15, 0.2) is 52.6 Å². The highest BCUT2D eigenvalue weighted by molar-refractivity contribution is 7.99. The molecule has 0 bridgehead atoms. The van der Waals surface area contributed by atoms with Crippen LogP contribution >= 0.6 is 11.8 Å². The largest absolute Gasteiger partial charge is 0.326 e. The first kappa shape index (κ1) is 22.9. The third-order valence-electron chi connectivity index (χ3n) is 5.36. The number of hydrogen-bond donors (Lipinski definition) is 5. The van der Waals surface area contributed by atoms with Crippen LogP contribution in [0.5, 0.6) is 0 Å². The third-order valence-corrected chi connectivity index (χ3v) is 6.22. The number of anilines is 4. The zero-order valence-electron chi connectivity index (χ0n) is 19.2. The lowest BCUT2D eigenvalue weighted by Gasteiger charge is -2.08. The van der Waals surface area contributed by atoms with Crippen molar-refractivity contribution >= 4 is 52.1 Å². The molecule has 1 fully saturated rings. The molecule has 180 valence electrons. The summed E-state index contributed by atoms with van der Waals surface area (Å²) in [5, 5.41) is 21.2. The van der Waals surface area contributed by atoms with Crippen LogP contribution in [0.2, 0.25) is 0 Å². The molecule has 4 aromatic rings. The molecule has 1 aromatic carbocycles. The number of hydrogen-bond acceptors (Lipinski definition) is 8. The van der Waals surface area contributed by atoms with Crippen molar-refractivity contribution in [3.05, 3.63) is 48.3 Å². The Balaban J connectivity index is 1.41. The molecule has 12 heteroatoms. The van der Waals surface area contributed by atoms with Gasteiger partial charge in [0.15, 0.2) is 11.6 Å². The van der Waals surface area contributed by atoms with E-state index in [0.29, 0.717) is 28.0 Å². The van der Waals surface area contributed by atoms with Gasteiger partial charge in [-0.05, 0) is 68.8 Å². The Morgan fingerprint density at radius 2 is 1.94 bits per heavy atom. The minimum atomic E-state index is -0.642. The van der Waals surface area contributed by atoms with Crippen LogP contribution in [0, 0.1) is 12.8 Å². The predicted molar refractivity (Wildman–Crippen MR) is 134 cm³/mol. The fourth-order valence-corrected chi connectivity index (χ4v) is 4.09. The molecule has 3 heterocycles. The molecule has 1 aliphatic rings. The summed E-state index contributed by atoms with van der Waals surface area (Å²) in [6.07, 6.45) is 3.63. The fourth-order valence-electron chi connectivity index (χ4n) is 3.34. The summed E-state index contributed by atoms with van der Waals surface area (Å²) in [7, 11) is 0. The number of nitrogens with zero attached hydrogens (tertiary/aromatic N) is 4. The minimum absolute atomic E-state index is 0.0723. The molecule has 1 aliphatic carbocycles. The SMILES string of the molecule is Cc1cc(Nc2nc(Sc3ccc(NC(=O)C4CC4)cc3)nn3cc(NC(=O)[C@H](C)N)cc23)n[nH]1. The standard InChI is InChI=1S/C23H25N9O2S/c1-12-9-19(30-29-12)27-20-18-10-16(26-21(33)13(2)24)11-32(18)31-23(28-20)35-17-7-5-15(6-8-17)25-22(34)14-3-4-14/h5-11,13-14H,3-4,24H2,1-2H3,(H,25,34)(H,26,33)(H2,27,28,29,30,31)/t13-/m0/s1. The number of aromatic amines is 1. The molecule has 0 spiro atoms. The number of aromatic nitrogens is 5. The molecule has 0 radical (unpaired) electrons. The van der Waals surface area contributed by atoms with Crippen molar-refractivity contribution in [1.82, 2.24) is 24.8 Å². The van der Waals surface area contributed by atoms with E-state index < -0.39 is 6.04 Å². The van der Waals surface area contributed by atoms with E-state index in [4.69, 9.17) is 5.73 Å². The molecule has 6 N–H and O–H groups in total.